The largest absolute Gasteiger partial charge is 0.497 e. The summed E-state index contributed by atoms with van der Waals surface area (Å²) in [5, 5.41) is 10.0. The van der Waals surface area contributed by atoms with Crippen molar-refractivity contribution < 1.29 is 23.8 Å². The van der Waals surface area contributed by atoms with E-state index in [1.54, 1.807) is 12.0 Å². The molecule has 2 unspecified atom stereocenters. The van der Waals surface area contributed by atoms with Gasteiger partial charge >= 0.3 is 0 Å². The van der Waals surface area contributed by atoms with E-state index < -0.39 is 6.29 Å². The number of aliphatic hydroxyl groups excluding tert-OH is 1. The first kappa shape index (κ1) is 16.3. The van der Waals surface area contributed by atoms with E-state index in [1.165, 1.54) is 24.3 Å². The predicted octanol–water partition coefficient (Wildman–Crippen LogP) is 2.51. The Balaban J connectivity index is 1.61. The molecule has 1 aliphatic heterocycles. The highest BCUT2D eigenvalue weighted by Crippen LogP contribution is 2.35. The van der Waals surface area contributed by atoms with Crippen LogP contribution < -0.4 is 9.47 Å². The van der Waals surface area contributed by atoms with Crippen LogP contribution in [0.2, 0.25) is 0 Å². The molecule has 24 heavy (non-hydrogen) atoms. The first-order chi connectivity index (χ1) is 11.6. The van der Waals surface area contributed by atoms with E-state index in [2.05, 4.69) is 0 Å². The van der Waals surface area contributed by atoms with Crippen LogP contribution in [0, 0.1) is 5.82 Å². The molecule has 1 heterocycles. The molecule has 2 aromatic carbocycles. The molecule has 1 aliphatic rings. The molecule has 1 amide bonds. The van der Waals surface area contributed by atoms with E-state index in [-0.39, 0.29) is 24.3 Å². The Labute approximate surface area is 139 Å². The molecule has 0 bridgehead atoms. The zero-order valence-corrected chi connectivity index (χ0v) is 13.2. The minimum absolute atomic E-state index is 0.0439. The van der Waals surface area contributed by atoms with E-state index in [0.29, 0.717) is 12.2 Å². The van der Waals surface area contributed by atoms with Crippen LogP contribution in [0.3, 0.4) is 0 Å². The third-order valence-corrected chi connectivity index (χ3v) is 4.00. The van der Waals surface area contributed by atoms with Gasteiger partial charge in [0.05, 0.1) is 26.1 Å². The summed E-state index contributed by atoms with van der Waals surface area (Å²) in [6.07, 6.45) is -0.782. The highest BCUT2D eigenvalue weighted by Gasteiger charge is 2.38. The number of benzene rings is 2. The van der Waals surface area contributed by atoms with Gasteiger partial charge in [-0.15, -0.1) is 0 Å². The molecule has 0 saturated carbocycles. The number of methoxy groups -OCH3 is 1. The van der Waals surface area contributed by atoms with Crippen LogP contribution in [-0.2, 0) is 4.79 Å². The number of ether oxygens (including phenoxy) is 2. The molecule has 0 aliphatic carbocycles. The van der Waals surface area contributed by atoms with Crippen molar-refractivity contribution in [1.82, 2.24) is 4.90 Å². The number of likely N-dealkylation sites (tertiary alicyclic amines) is 1. The number of aliphatic hydroxyl groups is 1. The SMILES string of the molecule is COc1ccc(C2CC(=O)N2CC(O)Oc2ccc(F)cc2)cc1. The zero-order chi connectivity index (χ0) is 17.1. The normalized spacial score (nSPS) is 18.0. The Morgan fingerprint density at radius 3 is 2.38 bits per heavy atom. The summed E-state index contributed by atoms with van der Waals surface area (Å²) in [4.78, 5) is 13.4. The maximum atomic E-state index is 12.9. The number of halogens is 1. The fourth-order valence-electron chi connectivity index (χ4n) is 2.68. The Bertz CT molecular complexity index is 702. The molecular weight excluding hydrogens is 313 g/mol. The molecule has 1 N–H and O–H groups in total. The van der Waals surface area contributed by atoms with Crippen molar-refractivity contribution in [3.63, 3.8) is 0 Å². The molecule has 2 atom stereocenters. The summed E-state index contributed by atoms with van der Waals surface area (Å²) < 4.78 is 23.3. The summed E-state index contributed by atoms with van der Waals surface area (Å²) in [5.74, 6) is 0.667. The summed E-state index contributed by atoms with van der Waals surface area (Å²) >= 11 is 0. The lowest BCUT2D eigenvalue weighted by molar-refractivity contribution is -0.154. The molecule has 6 heteroatoms. The number of β-lactam (4-membered cyclic amide) rings is 1. The summed E-state index contributed by atoms with van der Waals surface area (Å²) in [5.41, 5.74) is 0.976. The van der Waals surface area contributed by atoms with Gasteiger partial charge in [0, 0.05) is 0 Å². The zero-order valence-electron chi connectivity index (χ0n) is 13.2. The quantitative estimate of drug-likeness (QED) is 0.653. The Morgan fingerprint density at radius 1 is 1.17 bits per heavy atom. The molecule has 2 aromatic rings. The van der Waals surface area contributed by atoms with E-state index in [1.807, 2.05) is 24.3 Å². The van der Waals surface area contributed by atoms with Gasteiger partial charge in [0.1, 0.15) is 17.3 Å². The molecule has 5 nitrogen and oxygen atoms in total. The van der Waals surface area contributed by atoms with Crippen LogP contribution in [0.15, 0.2) is 48.5 Å². The van der Waals surface area contributed by atoms with Crippen molar-refractivity contribution in [2.75, 3.05) is 13.7 Å². The number of hydrogen-bond acceptors (Lipinski definition) is 4. The van der Waals surface area contributed by atoms with Crippen molar-refractivity contribution in [3.8, 4) is 11.5 Å². The van der Waals surface area contributed by atoms with Crippen LogP contribution in [0.5, 0.6) is 11.5 Å². The predicted molar refractivity (Wildman–Crippen MR) is 85.1 cm³/mol. The minimum Gasteiger partial charge on any atom is -0.497 e. The molecule has 3 rings (SSSR count). The Kier molecular flexibility index (Phi) is 4.66. The Morgan fingerprint density at radius 2 is 1.79 bits per heavy atom. The molecule has 0 radical (unpaired) electrons. The third-order valence-electron chi connectivity index (χ3n) is 4.00. The highest BCUT2D eigenvalue weighted by atomic mass is 19.1. The fourth-order valence-corrected chi connectivity index (χ4v) is 2.68. The monoisotopic (exact) mass is 331 g/mol. The van der Waals surface area contributed by atoms with Gasteiger partial charge in [0.15, 0.2) is 0 Å². The van der Waals surface area contributed by atoms with E-state index in [9.17, 15) is 14.3 Å². The van der Waals surface area contributed by atoms with Crippen molar-refractivity contribution >= 4 is 5.91 Å². The maximum Gasteiger partial charge on any atom is 0.225 e. The summed E-state index contributed by atoms with van der Waals surface area (Å²) in [6.45, 7) is 0.0485. The van der Waals surface area contributed by atoms with Crippen LogP contribution in [0.4, 0.5) is 4.39 Å². The lowest BCUT2D eigenvalue weighted by Crippen LogP contribution is -2.50. The van der Waals surface area contributed by atoms with Crippen LogP contribution in [-0.4, -0.2) is 35.9 Å². The van der Waals surface area contributed by atoms with E-state index in [0.717, 1.165) is 11.3 Å². The molecule has 1 saturated heterocycles. The number of β-amino-alcohol motifs (C(OH)–C–C–N with tert-alkyl or cyclic N) is 1. The lowest BCUT2D eigenvalue weighted by Gasteiger charge is -2.41. The second kappa shape index (κ2) is 6.88. The maximum absolute atomic E-state index is 12.9. The van der Waals surface area contributed by atoms with Gasteiger partial charge < -0.3 is 19.5 Å². The summed E-state index contributed by atoms with van der Waals surface area (Å²) in [7, 11) is 1.59. The first-order valence-corrected chi connectivity index (χ1v) is 7.60. The van der Waals surface area contributed by atoms with Gasteiger partial charge in [-0.05, 0) is 42.0 Å². The van der Waals surface area contributed by atoms with E-state index in [4.69, 9.17) is 9.47 Å². The number of carbonyl (C=O) groups excluding carboxylic acids is 1. The smallest absolute Gasteiger partial charge is 0.225 e. The number of nitrogens with zero attached hydrogens (tertiary/aromatic N) is 1. The second-order valence-corrected chi connectivity index (χ2v) is 5.57. The van der Waals surface area contributed by atoms with Crippen LogP contribution >= 0.6 is 0 Å². The first-order valence-electron chi connectivity index (χ1n) is 7.60. The van der Waals surface area contributed by atoms with Crippen molar-refractivity contribution in [3.05, 3.63) is 59.9 Å². The van der Waals surface area contributed by atoms with Gasteiger partial charge in [-0.1, -0.05) is 12.1 Å². The van der Waals surface area contributed by atoms with Gasteiger partial charge in [0.25, 0.3) is 0 Å². The van der Waals surface area contributed by atoms with Gasteiger partial charge in [-0.2, -0.15) is 0 Å². The summed E-state index contributed by atoms with van der Waals surface area (Å²) in [6, 6.07) is 12.7. The van der Waals surface area contributed by atoms with Gasteiger partial charge in [-0.25, -0.2) is 4.39 Å². The number of hydrogen-bond donors (Lipinski definition) is 1. The molecule has 0 spiro atoms. The van der Waals surface area contributed by atoms with Crippen molar-refractivity contribution in [2.24, 2.45) is 0 Å². The topological polar surface area (TPSA) is 59.0 Å². The number of amides is 1. The molecule has 126 valence electrons. The minimum atomic E-state index is -1.18. The second-order valence-electron chi connectivity index (χ2n) is 5.57. The number of carbonyl (C=O) groups is 1. The highest BCUT2D eigenvalue weighted by molar-refractivity contribution is 5.83. The van der Waals surface area contributed by atoms with Gasteiger partial charge in [0.2, 0.25) is 12.2 Å². The average Bonchev–Trinajstić information content (AvgIpc) is 2.60. The lowest BCUT2D eigenvalue weighted by atomic mass is 9.94. The average molecular weight is 331 g/mol. The van der Waals surface area contributed by atoms with Crippen LogP contribution in [0.1, 0.15) is 18.0 Å². The standard InChI is InChI=1S/C18H18FNO4/c1-23-14-6-2-12(3-7-14)16-10-17(21)20(16)11-18(22)24-15-8-4-13(19)5-9-15/h2-9,16,18,22H,10-11H2,1H3. The molecule has 1 fully saturated rings. The van der Waals surface area contributed by atoms with Gasteiger partial charge in [-0.3, -0.25) is 4.79 Å². The van der Waals surface area contributed by atoms with Crippen LogP contribution in [0.25, 0.3) is 0 Å². The molecule has 0 aromatic heterocycles. The molecular formula is C18H18FNO4. The van der Waals surface area contributed by atoms with E-state index >= 15 is 0 Å². The van der Waals surface area contributed by atoms with Crippen molar-refractivity contribution in [2.45, 2.75) is 18.8 Å². The fraction of sp³-hybridized carbons (Fsp3) is 0.278. The Hall–Kier alpha value is -2.60. The number of rotatable bonds is 6. The third kappa shape index (κ3) is 3.49. The van der Waals surface area contributed by atoms with Crippen molar-refractivity contribution in [1.29, 1.82) is 0 Å².